The molecule has 3 rings (SSSR count). The van der Waals surface area contributed by atoms with Gasteiger partial charge in [0.15, 0.2) is 5.82 Å². The van der Waals surface area contributed by atoms with E-state index in [1.807, 2.05) is 37.4 Å². The van der Waals surface area contributed by atoms with Crippen molar-refractivity contribution in [2.75, 3.05) is 38.6 Å². The molecule has 0 atom stereocenters. The first-order chi connectivity index (χ1) is 16.5. The normalized spacial score (nSPS) is 21.5. The zero-order valence-electron chi connectivity index (χ0n) is 20.7. The molecule has 0 aliphatic heterocycles. The van der Waals surface area contributed by atoms with Crippen LogP contribution in [-0.4, -0.2) is 49.6 Å². The van der Waals surface area contributed by atoms with E-state index in [-0.39, 0.29) is 6.03 Å². The largest absolute Gasteiger partial charge is 0.370 e. The second-order valence-corrected chi connectivity index (χ2v) is 9.93. The molecule has 0 spiro atoms. The van der Waals surface area contributed by atoms with Gasteiger partial charge in [0.1, 0.15) is 0 Å². The van der Waals surface area contributed by atoms with E-state index in [9.17, 15) is 14.9 Å². The van der Waals surface area contributed by atoms with Gasteiger partial charge in [-0.3, -0.25) is 15.0 Å². The molecule has 0 aromatic heterocycles. The molecule has 0 unspecified atom stereocenters. The zero-order valence-corrected chi connectivity index (χ0v) is 20.7. The van der Waals surface area contributed by atoms with E-state index in [1.165, 1.54) is 32.1 Å². The molecule has 188 valence electrons. The van der Waals surface area contributed by atoms with Crippen LogP contribution in [0.15, 0.2) is 42.4 Å². The lowest BCUT2D eigenvalue weighted by Crippen LogP contribution is -2.46. The average Bonchev–Trinajstić information content (AvgIpc) is 2.87. The number of rotatable bonds is 10. The lowest BCUT2D eigenvalue weighted by molar-refractivity contribution is -0.404. The Kier molecular flexibility index (Phi) is 10.0. The number of carbonyl (C=O) groups excluding carboxylic acids is 1. The van der Waals surface area contributed by atoms with E-state index >= 15 is 0 Å². The highest BCUT2D eigenvalue weighted by molar-refractivity contribution is 5.91. The molecule has 8 nitrogen and oxygen atoms in total. The van der Waals surface area contributed by atoms with E-state index in [0.717, 1.165) is 57.2 Å². The number of nitrogens with one attached hydrogen (secondary N) is 2. The molecule has 2 saturated carbocycles. The van der Waals surface area contributed by atoms with Crippen molar-refractivity contribution in [2.24, 2.45) is 17.8 Å². The van der Waals surface area contributed by atoms with E-state index in [1.54, 1.807) is 11.9 Å². The van der Waals surface area contributed by atoms with Crippen LogP contribution < -0.4 is 15.5 Å². The second-order valence-electron chi connectivity index (χ2n) is 9.93. The number of amides is 2. The monoisotopic (exact) mass is 471 g/mol. The maximum absolute atomic E-state index is 13.5. The Morgan fingerprint density at radius 1 is 1.00 bits per heavy atom. The number of hydrogen-bond donors (Lipinski definition) is 2. The molecule has 0 heterocycles. The molecule has 0 bridgehead atoms. The highest BCUT2D eigenvalue weighted by Gasteiger charge is 2.29. The first-order valence-corrected chi connectivity index (χ1v) is 12.8. The SMILES string of the molecule is CN/C(=C\[N+](=O)[O-])NCC1CCC(CN(CC2CCCCC2)C(=O)N(C)c2ccccc2)CC1. The quantitative estimate of drug-likeness (QED) is 0.377. The molecule has 1 aromatic rings. The minimum atomic E-state index is -0.444. The van der Waals surface area contributed by atoms with Crippen molar-refractivity contribution in [3.8, 4) is 0 Å². The van der Waals surface area contributed by atoms with Gasteiger partial charge in [-0.1, -0.05) is 37.5 Å². The summed E-state index contributed by atoms with van der Waals surface area (Å²) in [4.78, 5) is 27.7. The summed E-state index contributed by atoms with van der Waals surface area (Å²) < 4.78 is 0. The molecule has 2 fully saturated rings. The summed E-state index contributed by atoms with van der Waals surface area (Å²) in [6, 6.07) is 10.00. The third-order valence-corrected chi connectivity index (χ3v) is 7.43. The third kappa shape index (κ3) is 7.92. The number of para-hydroxylation sites is 1. The molecule has 8 heteroatoms. The van der Waals surface area contributed by atoms with E-state index in [0.29, 0.717) is 23.6 Å². The van der Waals surface area contributed by atoms with Crippen LogP contribution in [0.3, 0.4) is 0 Å². The number of nitro groups is 1. The van der Waals surface area contributed by atoms with Crippen molar-refractivity contribution < 1.29 is 9.72 Å². The molecular formula is C26H41N5O3. The Bertz CT molecular complexity index is 802. The fourth-order valence-electron chi connectivity index (χ4n) is 5.37. The van der Waals surface area contributed by atoms with Gasteiger partial charge >= 0.3 is 6.03 Å². The smallest absolute Gasteiger partial charge is 0.324 e. The fraction of sp³-hybridized carbons (Fsp3) is 0.654. The zero-order chi connectivity index (χ0) is 24.3. The maximum atomic E-state index is 13.5. The summed E-state index contributed by atoms with van der Waals surface area (Å²) in [6.45, 7) is 2.40. The standard InChI is InChI=1S/C26H41N5O3/c1-27-25(20-31(33)34)28-17-21-13-15-23(16-14-21)19-30(18-22-9-5-3-6-10-22)26(32)29(2)24-11-7-4-8-12-24/h4,7-8,11-12,20-23,27-28H,3,5-6,9-10,13-19H2,1-2H3/b25-20+. The number of nitrogens with zero attached hydrogens (tertiary/aromatic N) is 3. The maximum Gasteiger partial charge on any atom is 0.324 e. The lowest BCUT2D eigenvalue weighted by atomic mass is 9.81. The Morgan fingerprint density at radius 3 is 2.18 bits per heavy atom. The van der Waals surface area contributed by atoms with Gasteiger partial charge in [0.05, 0.1) is 4.92 Å². The molecule has 2 amide bonds. The number of hydrogen-bond acceptors (Lipinski definition) is 5. The second kappa shape index (κ2) is 13.2. The highest BCUT2D eigenvalue weighted by Crippen LogP contribution is 2.31. The summed E-state index contributed by atoms with van der Waals surface area (Å²) in [7, 11) is 3.56. The molecule has 2 aliphatic rings. The molecule has 34 heavy (non-hydrogen) atoms. The van der Waals surface area contributed by atoms with Crippen molar-refractivity contribution in [3.05, 3.63) is 52.5 Å². The van der Waals surface area contributed by atoms with Gasteiger partial charge in [0, 0.05) is 39.4 Å². The van der Waals surface area contributed by atoms with Gasteiger partial charge in [-0.2, -0.15) is 0 Å². The molecule has 2 aliphatic carbocycles. The van der Waals surface area contributed by atoms with Gasteiger partial charge in [-0.05, 0) is 68.4 Å². The Morgan fingerprint density at radius 2 is 1.59 bits per heavy atom. The van der Waals surface area contributed by atoms with Crippen molar-refractivity contribution in [2.45, 2.75) is 57.8 Å². The van der Waals surface area contributed by atoms with Crippen LogP contribution in [0.5, 0.6) is 0 Å². The van der Waals surface area contributed by atoms with Crippen LogP contribution in [0.25, 0.3) is 0 Å². The first-order valence-electron chi connectivity index (χ1n) is 12.8. The van der Waals surface area contributed by atoms with Crippen LogP contribution in [0.4, 0.5) is 10.5 Å². The van der Waals surface area contributed by atoms with Crippen LogP contribution in [0, 0.1) is 27.9 Å². The molecular weight excluding hydrogens is 430 g/mol. The minimum absolute atomic E-state index is 0.101. The third-order valence-electron chi connectivity index (χ3n) is 7.43. The van der Waals surface area contributed by atoms with Crippen molar-refractivity contribution in [3.63, 3.8) is 0 Å². The predicted octanol–water partition coefficient (Wildman–Crippen LogP) is 4.82. The molecule has 0 radical (unpaired) electrons. The number of benzene rings is 1. The van der Waals surface area contributed by atoms with Crippen LogP contribution in [-0.2, 0) is 0 Å². The van der Waals surface area contributed by atoms with Gasteiger partial charge in [0.2, 0.25) is 0 Å². The van der Waals surface area contributed by atoms with E-state index in [4.69, 9.17) is 0 Å². The van der Waals surface area contributed by atoms with Gasteiger partial charge in [-0.15, -0.1) is 0 Å². The molecule has 1 aromatic carbocycles. The topological polar surface area (TPSA) is 90.7 Å². The summed E-state index contributed by atoms with van der Waals surface area (Å²) >= 11 is 0. The number of anilines is 1. The van der Waals surface area contributed by atoms with Crippen LogP contribution in [0.2, 0.25) is 0 Å². The Balaban J connectivity index is 1.56. The number of carbonyl (C=O) groups is 1. The van der Waals surface area contributed by atoms with Crippen molar-refractivity contribution in [1.29, 1.82) is 0 Å². The Labute approximate surface area is 203 Å². The fourth-order valence-corrected chi connectivity index (χ4v) is 5.37. The van der Waals surface area contributed by atoms with E-state index < -0.39 is 4.92 Å². The van der Waals surface area contributed by atoms with Crippen molar-refractivity contribution in [1.82, 2.24) is 15.5 Å². The van der Waals surface area contributed by atoms with Crippen molar-refractivity contribution >= 4 is 11.7 Å². The highest BCUT2D eigenvalue weighted by atomic mass is 16.6. The minimum Gasteiger partial charge on any atom is -0.370 e. The van der Waals surface area contributed by atoms with Gasteiger partial charge in [-0.25, -0.2) is 4.79 Å². The molecule has 0 saturated heterocycles. The van der Waals surface area contributed by atoms with E-state index in [2.05, 4.69) is 15.5 Å². The summed E-state index contributed by atoms with van der Waals surface area (Å²) in [6.07, 6.45) is 11.6. The summed E-state index contributed by atoms with van der Waals surface area (Å²) in [5.41, 5.74) is 0.930. The molecule has 2 N–H and O–H groups in total. The summed E-state index contributed by atoms with van der Waals surface area (Å²) in [5.74, 6) is 2.05. The summed E-state index contributed by atoms with van der Waals surface area (Å²) in [5, 5.41) is 16.7. The van der Waals surface area contributed by atoms with Crippen LogP contribution >= 0.6 is 0 Å². The van der Waals surface area contributed by atoms with Gasteiger partial charge < -0.3 is 15.5 Å². The lowest BCUT2D eigenvalue weighted by Gasteiger charge is -2.37. The Hall–Kier alpha value is -2.77. The number of urea groups is 1. The predicted molar refractivity (Wildman–Crippen MR) is 136 cm³/mol. The first kappa shape index (κ1) is 25.8. The van der Waals surface area contributed by atoms with Crippen LogP contribution in [0.1, 0.15) is 57.8 Å². The average molecular weight is 472 g/mol. The van der Waals surface area contributed by atoms with Gasteiger partial charge in [0.25, 0.3) is 6.20 Å².